The first-order valence-electron chi connectivity index (χ1n) is 7.06. The number of halogens is 1. The first kappa shape index (κ1) is 16.2. The lowest BCUT2D eigenvalue weighted by Gasteiger charge is -2.11. The van der Waals surface area contributed by atoms with Gasteiger partial charge in [-0.05, 0) is 37.1 Å². The highest BCUT2D eigenvalue weighted by molar-refractivity contribution is 5.80. The van der Waals surface area contributed by atoms with E-state index in [9.17, 15) is 14.0 Å². The molecule has 0 saturated carbocycles. The van der Waals surface area contributed by atoms with Crippen molar-refractivity contribution < 1.29 is 28.2 Å². The monoisotopic (exact) mass is 311 g/mol. The zero-order chi connectivity index (χ0) is 15.8. The van der Waals surface area contributed by atoms with E-state index in [-0.39, 0.29) is 25.2 Å². The molecule has 1 N–H and O–H groups in total. The summed E-state index contributed by atoms with van der Waals surface area (Å²) >= 11 is 0. The van der Waals surface area contributed by atoms with E-state index in [0.717, 1.165) is 19.4 Å². The summed E-state index contributed by atoms with van der Waals surface area (Å²) in [7, 11) is 0. The molecule has 0 unspecified atom stereocenters. The summed E-state index contributed by atoms with van der Waals surface area (Å²) in [6.45, 7) is 0.432. The number of amides is 1. The molecule has 0 radical (unpaired) electrons. The highest BCUT2D eigenvalue weighted by Crippen LogP contribution is 2.11. The number of carbonyl (C=O) groups excluding carboxylic acids is 2. The van der Waals surface area contributed by atoms with E-state index >= 15 is 0 Å². The molecule has 0 aliphatic carbocycles. The molecule has 22 heavy (non-hydrogen) atoms. The molecule has 1 saturated heterocycles. The number of ether oxygens (including phenoxy) is 3. The van der Waals surface area contributed by atoms with Crippen LogP contribution in [0.3, 0.4) is 0 Å². The quantitative estimate of drug-likeness (QED) is 0.762. The van der Waals surface area contributed by atoms with Crippen molar-refractivity contribution in [2.75, 3.05) is 26.4 Å². The maximum absolute atomic E-state index is 12.7. The van der Waals surface area contributed by atoms with Gasteiger partial charge in [-0.1, -0.05) is 0 Å². The van der Waals surface area contributed by atoms with Crippen LogP contribution in [0.1, 0.15) is 12.8 Å². The van der Waals surface area contributed by atoms with E-state index in [1.807, 2.05) is 0 Å². The van der Waals surface area contributed by atoms with Crippen LogP contribution in [0, 0.1) is 5.82 Å². The number of hydrogen-bond acceptors (Lipinski definition) is 5. The molecule has 1 heterocycles. The molecular formula is C15H18FNO5. The van der Waals surface area contributed by atoms with E-state index in [1.165, 1.54) is 24.3 Å². The normalized spacial score (nSPS) is 17.0. The summed E-state index contributed by atoms with van der Waals surface area (Å²) in [5, 5.41) is 2.64. The molecule has 7 heteroatoms. The van der Waals surface area contributed by atoms with Crippen molar-refractivity contribution in [2.24, 2.45) is 0 Å². The lowest BCUT2D eigenvalue weighted by atomic mass is 10.2. The largest absolute Gasteiger partial charge is 0.482 e. The molecule has 6 nitrogen and oxygen atoms in total. The summed E-state index contributed by atoms with van der Waals surface area (Å²) in [5.41, 5.74) is 0. The van der Waals surface area contributed by atoms with Gasteiger partial charge in [0.2, 0.25) is 0 Å². The first-order chi connectivity index (χ1) is 10.6. The summed E-state index contributed by atoms with van der Waals surface area (Å²) < 4.78 is 27.9. The molecule has 1 aromatic carbocycles. The van der Waals surface area contributed by atoms with Crippen LogP contribution in [0.4, 0.5) is 4.39 Å². The Morgan fingerprint density at radius 2 is 2.05 bits per heavy atom. The Balaban J connectivity index is 1.58. The van der Waals surface area contributed by atoms with Crippen LogP contribution in [0.15, 0.2) is 24.3 Å². The van der Waals surface area contributed by atoms with E-state index in [1.54, 1.807) is 0 Å². The predicted octanol–water partition coefficient (Wildman–Crippen LogP) is 1.04. The molecule has 0 spiro atoms. The summed E-state index contributed by atoms with van der Waals surface area (Å²) in [4.78, 5) is 22.9. The molecule has 1 aromatic rings. The first-order valence-corrected chi connectivity index (χ1v) is 7.06. The second kappa shape index (κ2) is 8.33. The van der Waals surface area contributed by atoms with Crippen LogP contribution in [-0.2, 0) is 19.1 Å². The number of nitrogens with one attached hydrogen (secondary N) is 1. The minimum absolute atomic E-state index is 0.0430. The van der Waals surface area contributed by atoms with Gasteiger partial charge in [-0.15, -0.1) is 0 Å². The minimum Gasteiger partial charge on any atom is -0.482 e. The Morgan fingerprint density at radius 1 is 1.27 bits per heavy atom. The number of carbonyl (C=O) groups is 2. The van der Waals surface area contributed by atoms with Gasteiger partial charge in [0, 0.05) is 13.2 Å². The topological polar surface area (TPSA) is 73.9 Å². The molecule has 120 valence electrons. The Hall–Kier alpha value is -2.15. The maximum atomic E-state index is 12.7. The van der Waals surface area contributed by atoms with Crippen LogP contribution < -0.4 is 10.1 Å². The van der Waals surface area contributed by atoms with Crippen molar-refractivity contribution in [1.29, 1.82) is 0 Å². The number of hydrogen-bond donors (Lipinski definition) is 1. The second-order valence-corrected chi connectivity index (χ2v) is 4.84. The van der Waals surface area contributed by atoms with Crippen molar-refractivity contribution in [3.8, 4) is 5.75 Å². The third-order valence-electron chi connectivity index (χ3n) is 3.09. The molecule has 0 aromatic heterocycles. The van der Waals surface area contributed by atoms with Crippen molar-refractivity contribution in [3.63, 3.8) is 0 Å². The van der Waals surface area contributed by atoms with E-state index < -0.39 is 11.8 Å². The van der Waals surface area contributed by atoms with Crippen LogP contribution in [0.25, 0.3) is 0 Å². The fourth-order valence-electron chi connectivity index (χ4n) is 1.94. The van der Waals surface area contributed by atoms with Gasteiger partial charge < -0.3 is 19.5 Å². The standard InChI is InChI=1S/C15H18FNO5/c16-11-3-5-12(6-4-11)21-10-15(19)22-9-14(18)17-8-13-2-1-7-20-13/h3-6,13H,1-2,7-10H2,(H,17,18)/t13-/m0/s1. The van der Waals surface area contributed by atoms with Crippen LogP contribution in [-0.4, -0.2) is 44.3 Å². The summed E-state index contributed by atoms with van der Waals surface area (Å²) in [6, 6.07) is 5.24. The van der Waals surface area contributed by atoms with Gasteiger partial charge in [-0.2, -0.15) is 0 Å². The average Bonchev–Trinajstić information content (AvgIpc) is 3.04. The molecule has 2 rings (SSSR count). The Morgan fingerprint density at radius 3 is 2.73 bits per heavy atom. The Labute approximate surface area is 127 Å². The molecule has 1 aliphatic heterocycles. The van der Waals surface area contributed by atoms with Gasteiger partial charge in [0.1, 0.15) is 11.6 Å². The van der Waals surface area contributed by atoms with Crippen LogP contribution in [0.5, 0.6) is 5.75 Å². The zero-order valence-corrected chi connectivity index (χ0v) is 12.0. The average molecular weight is 311 g/mol. The fraction of sp³-hybridized carbons (Fsp3) is 0.467. The molecular weight excluding hydrogens is 293 g/mol. The number of esters is 1. The lowest BCUT2D eigenvalue weighted by molar-refractivity contribution is -0.150. The molecule has 0 bridgehead atoms. The third-order valence-corrected chi connectivity index (χ3v) is 3.09. The van der Waals surface area contributed by atoms with Gasteiger partial charge in [0.25, 0.3) is 5.91 Å². The minimum atomic E-state index is -0.670. The van der Waals surface area contributed by atoms with E-state index in [2.05, 4.69) is 5.32 Å². The van der Waals surface area contributed by atoms with Gasteiger partial charge in [-0.25, -0.2) is 9.18 Å². The molecule has 1 atom stereocenters. The van der Waals surface area contributed by atoms with Crippen molar-refractivity contribution in [3.05, 3.63) is 30.1 Å². The smallest absolute Gasteiger partial charge is 0.344 e. The summed E-state index contributed by atoms with van der Waals surface area (Å²) in [6.07, 6.45) is 1.96. The number of rotatable bonds is 7. The maximum Gasteiger partial charge on any atom is 0.344 e. The van der Waals surface area contributed by atoms with Crippen LogP contribution >= 0.6 is 0 Å². The van der Waals surface area contributed by atoms with E-state index in [4.69, 9.17) is 14.2 Å². The Kier molecular flexibility index (Phi) is 6.14. The molecule has 1 amide bonds. The van der Waals surface area contributed by atoms with Crippen molar-refractivity contribution in [2.45, 2.75) is 18.9 Å². The Bertz CT molecular complexity index is 499. The number of benzene rings is 1. The second-order valence-electron chi connectivity index (χ2n) is 4.84. The molecule has 1 fully saturated rings. The SMILES string of the molecule is O=C(COC(=O)COc1ccc(F)cc1)NC[C@@H]1CCCO1. The van der Waals surface area contributed by atoms with Crippen molar-refractivity contribution in [1.82, 2.24) is 5.32 Å². The lowest BCUT2D eigenvalue weighted by Crippen LogP contribution is -2.35. The van der Waals surface area contributed by atoms with E-state index in [0.29, 0.717) is 12.3 Å². The fourth-order valence-corrected chi connectivity index (χ4v) is 1.94. The van der Waals surface area contributed by atoms with Crippen LogP contribution in [0.2, 0.25) is 0 Å². The van der Waals surface area contributed by atoms with Gasteiger partial charge in [0.05, 0.1) is 6.10 Å². The highest BCUT2D eigenvalue weighted by atomic mass is 19.1. The zero-order valence-electron chi connectivity index (χ0n) is 12.0. The third kappa shape index (κ3) is 5.69. The summed E-state index contributed by atoms with van der Waals surface area (Å²) in [5.74, 6) is -1.10. The predicted molar refractivity (Wildman–Crippen MR) is 74.8 cm³/mol. The highest BCUT2D eigenvalue weighted by Gasteiger charge is 2.16. The van der Waals surface area contributed by atoms with Crippen molar-refractivity contribution >= 4 is 11.9 Å². The molecule has 1 aliphatic rings. The van der Waals surface area contributed by atoms with Gasteiger partial charge in [-0.3, -0.25) is 4.79 Å². The van der Waals surface area contributed by atoms with Gasteiger partial charge in [0.15, 0.2) is 13.2 Å². The van der Waals surface area contributed by atoms with Gasteiger partial charge >= 0.3 is 5.97 Å².